The molecule has 0 bridgehead atoms. The highest BCUT2D eigenvalue weighted by Gasteiger charge is 2.26. The molecular weight excluding hydrogens is 436 g/mol. The summed E-state index contributed by atoms with van der Waals surface area (Å²) in [6.45, 7) is 5.60. The van der Waals surface area contributed by atoms with E-state index in [1.165, 1.54) is 5.56 Å². The fraction of sp³-hybridized carbons (Fsp3) is 0.333. The van der Waals surface area contributed by atoms with Gasteiger partial charge >= 0.3 is 0 Å². The molecule has 2 fully saturated rings. The van der Waals surface area contributed by atoms with Crippen molar-refractivity contribution in [3.8, 4) is 17.1 Å². The summed E-state index contributed by atoms with van der Waals surface area (Å²) in [4.78, 5) is 24.2. The Bertz CT molecular complexity index is 1350. The topological polar surface area (TPSA) is 108 Å². The number of ether oxygens (including phenoxy) is 2. The van der Waals surface area contributed by atoms with Crippen molar-refractivity contribution in [2.24, 2.45) is 0 Å². The zero-order valence-electron chi connectivity index (χ0n) is 18.7. The summed E-state index contributed by atoms with van der Waals surface area (Å²) in [7, 11) is 0. The number of furan rings is 1. The molecule has 0 spiro atoms. The second kappa shape index (κ2) is 8.54. The first-order valence-electron chi connectivity index (χ1n) is 11.3. The Hall–Kier alpha value is -3.76. The van der Waals surface area contributed by atoms with E-state index < -0.39 is 0 Å². The number of hydrogen-bond donors (Lipinski definition) is 1. The van der Waals surface area contributed by atoms with Gasteiger partial charge in [-0.05, 0) is 12.5 Å². The maximum atomic E-state index is 12.7. The van der Waals surface area contributed by atoms with Crippen molar-refractivity contribution in [1.29, 1.82) is 0 Å². The van der Waals surface area contributed by atoms with Gasteiger partial charge in [-0.25, -0.2) is 9.67 Å². The third-order valence-electron chi connectivity index (χ3n) is 5.99. The maximum Gasteiger partial charge on any atom is 0.287 e. The van der Waals surface area contributed by atoms with E-state index in [9.17, 15) is 4.79 Å². The Morgan fingerprint density at radius 3 is 2.71 bits per heavy atom. The van der Waals surface area contributed by atoms with Crippen LogP contribution in [0.15, 0.2) is 47.1 Å². The van der Waals surface area contributed by atoms with E-state index in [-0.39, 0.29) is 17.7 Å². The smallest absolute Gasteiger partial charge is 0.287 e. The average Bonchev–Trinajstić information content (AvgIpc) is 3.49. The standard InChI is InChI=1S/C24H24N6O4/c1-15-3-2-4-16(9-15)17-11-25-30(12-17)24-27-19-10-20(23(31)26-18-13-33-14-18)34-21(19)22(28-24)29-5-7-32-8-6-29/h2-4,9-12,18H,5-8,13-14H2,1H3,(H,26,31). The lowest BCUT2D eigenvalue weighted by molar-refractivity contribution is -0.00386. The van der Waals surface area contributed by atoms with Gasteiger partial charge in [0.15, 0.2) is 17.2 Å². The molecule has 0 atom stereocenters. The van der Waals surface area contributed by atoms with Crippen LogP contribution in [0.1, 0.15) is 16.1 Å². The fourth-order valence-electron chi connectivity index (χ4n) is 4.09. The highest BCUT2D eigenvalue weighted by atomic mass is 16.5. The van der Waals surface area contributed by atoms with Gasteiger partial charge < -0.3 is 24.1 Å². The summed E-state index contributed by atoms with van der Waals surface area (Å²) < 4.78 is 18.3. The highest BCUT2D eigenvalue weighted by Crippen LogP contribution is 2.29. The number of morpholine rings is 1. The molecule has 3 aromatic heterocycles. The number of carbonyl (C=O) groups is 1. The molecule has 34 heavy (non-hydrogen) atoms. The molecule has 1 N–H and O–H groups in total. The van der Waals surface area contributed by atoms with E-state index >= 15 is 0 Å². The zero-order valence-corrected chi connectivity index (χ0v) is 18.7. The third-order valence-corrected chi connectivity index (χ3v) is 5.99. The van der Waals surface area contributed by atoms with Crippen molar-refractivity contribution in [2.45, 2.75) is 13.0 Å². The number of amides is 1. The molecule has 174 valence electrons. The molecule has 0 unspecified atom stereocenters. The molecular formula is C24H24N6O4. The van der Waals surface area contributed by atoms with Gasteiger partial charge in [-0.1, -0.05) is 29.8 Å². The molecule has 1 aromatic carbocycles. The molecule has 10 nitrogen and oxygen atoms in total. The van der Waals surface area contributed by atoms with Crippen LogP contribution in [0, 0.1) is 6.92 Å². The lowest BCUT2D eigenvalue weighted by atomic mass is 10.1. The number of anilines is 1. The molecule has 2 aliphatic rings. The minimum atomic E-state index is -0.290. The van der Waals surface area contributed by atoms with Gasteiger partial charge in [-0.3, -0.25) is 4.79 Å². The van der Waals surface area contributed by atoms with Crippen molar-refractivity contribution in [1.82, 2.24) is 25.1 Å². The van der Waals surface area contributed by atoms with Gasteiger partial charge in [0.2, 0.25) is 0 Å². The number of aromatic nitrogens is 4. The van der Waals surface area contributed by atoms with Gasteiger partial charge in [0.1, 0.15) is 5.52 Å². The van der Waals surface area contributed by atoms with E-state index in [1.54, 1.807) is 16.9 Å². The minimum Gasteiger partial charge on any atom is -0.445 e. The number of rotatable bonds is 5. The monoisotopic (exact) mass is 460 g/mol. The van der Waals surface area contributed by atoms with Crippen LogP contribution >= 0.6 is 0 Å². The Balaban J connectivity index is 1.40. The van der Waals surface area contributed by atoms with Crippen LogP contribution in [-0.4, -0.2) is 71.2 Å². The molecule has 2 aliphatic heterocycles. The summed E-state index contributed by atoms with van der Waals surface area (Å²) in [5.74, 6) is 0.945. The normalized spacial score (nSPS) is 16.6. The molecule has 2 saturated heterocycles. The minimum absolute atomic E-state index is 0.00481. The van der Waals surface area contributed by atoms with E-state index in [0.717, 1.165) is 11.1 Å². The molecule has 0 radical (unpaired) electrons. The van der Waals surface area contributed by atoms with Crippen LogP contribution in [0.5, 0.6) is 0 Å². The van der Waals surface area contributed by atoms with Crippen LogP contribution < -0.4 is 10.2 Å². The third kappa shape index (κ3) is 3.91. The van der Waals surface area contributed by atoms with Gasteiger partial charge in [0.25, 0.3) is 11.9 Å². The summed E-state index contributed by atoms with van der Waals surface area (Å²) in [5, 5.41) is 7.42. The first-order valence-corrected chi connectivity index (χ1v) is 11.3. The maximum absolute atomic E-state index is 12.7. The zero-order chi connectivity index (χ0) is 23.1. The lowest BCUT2D eigenvalue weighted by Gasteiger charge is -2.27. The quantitative estimate of drug-likeness (QED) is 0.484. The molecule has 1 amide bonds. The number of carbonyl (C=O) groups excluding carboxylic acids is 1. The Labute approximate surface area is 195 Å². The van der Waals surface area contributed by atoms with E-state index in [0.29, 0.717) is 62.4 Å². The Morgan fingerprint density at radius 2 is 1.94 bits per heavy atom. The second-order valence-electron chi connectivity index (χ2n) is 8.52. The predicted molar refractivity (Wildman–Crippen MR) is 124 cm³/mol. The molecule has 6 rings (SSSR count). The van der Waals surface area contributed by atoms with Gasteiger partial charge in [0, 0.05) is 30.9 Å². The average molecular weight is 460 g/mol. The van der Waals surface area contributed by atoms with Crippen molar-refractivity contribution in [3.05, 3.63) is 54.0 Å². The number of fused-ring (bicyclic) bond motifs is 1. The van der Waals surface area contributed by atoms with Gasteiger partial charge in [0.05, 0.1) is 38.7 Å². The summed E-state index contributed by atoms with van der Waals surface area (Å²) in [5.41, 5.74) is 4.24. The van der Waals surface area contributed by atoms with Crippen LogP contribution in [0.25, 0.3) is 28.2 Å². The molecule has 0 saturated carbocycles. The van der Waals surface area contributed by atoms with Crippen molar-refractivity contribution >= 4 is 22.8 Å². The van der Waals surface area contributed by atoms with Crippen LogP contribution in [0.2, 0.25) is 0 Å². The van der Waals surface area contributed by atoms with E-state index in [4.69, 9.17) is 18.9 Å². The number of nitrogens with zero attached hydrogens (tertiary/aromatic N) is 5. The SMILES string of the molecule is Cc1cccc(-c2cnn(-c3nc(N4CCOCC4)c4oc(C(=O)NC5COC5)cc4n3)c2)c1. The van der Waals surface area contributed by atoms with Crippen molar-refractivity contribution in [3.63, 3.8) is 0 Å². The van der Waals surface area contributed by atoms with Crippen LogP contribution in [-0.2, 0) is 9.47 Å². The van der Waals surface area contributed by atoms with Crippen LogP contribution in [0.4, 0.5) is 5.82 Å². The summed E-state index contributed by atoms with van der Waals surface area (Å²) in [6.07, 6.45) is 3.70. The molecule has 0 aliphatic carbocycles. The summed E-state index contributed by atoms with van der Waals surface area (Å²) in [6, 6.07) is 9.90. The Morgan fingerprint density at radius 1 is 1.09 bits per heavy atom. The number of hydrogen-bond acceptors (Lipinski definition) is 8. The first-order chi connectivity index (χ1) is 16.6. The molecule has 10 heteroatoms. The van der Waals surface area contributed by atoms with E-state index in [1.807, 2.05) is 18.3 Å². The first kappa shape index (κ1) is 20.8. The second-order valence-corrected chi connectivity index (χ2v) is 8.52. The van der Waals surface area contributed by atoms with Crippen molar-refractivity contribution < 1.29 is 18.7 Å². The predicted octanol–water partition coefficient (Wildman–Crippen LogP) is 2.35. The van der Waals surface area contributed by atoms with Gasteiger partial charge in [-0.2, -0.15) is 10.1 Å². The van der Waals surface area contributed by atoms with Crippen LogP contribution in [0.3, 0.4) is 0 Å². The number of nitrogens with one attached hydrogen (secondary N) is 1. The lowest BCUT2D eigenvalue weighted by Crippen LogP contribution is -2.48. The molecule has 5 heterocycles. The summed E-state index contributed by atoms with van der Waals surface area (Å²) >= 11 is 0. The molecule has 4 aromatic rings. The highest BCUT2D eigenvalue weighted by molar-refractivity contribution is 5.97. The van der Waals surface area contributed by atoms with Gasteiger partial charge in [-0.15, -0.1) is 0 Å². The van der Waals surface area contributed by atoms with Crippen molar-refractivity contribution in [2.75, 3.05) is 44.4 Å². The van der Waals surface area contributed by atoms with E-state index in [2.05, 4.69) is 39.4 Å². The number of aryl methyl sites for hydroxylation is 1. The number of benzene rings is 1. The largest absolute Gasteiger partial charge is 0.445 e. The Kier molecular flexibility index (Phi) is 5.23. The fourth-order valence-corrected chi connectivity index (χ4v) is 4.09.